The van der Waals surface area contributed by atoms with Crippen LogP contribution in [0, 0.1) is 0 Å². The van der Waals surface area contributed by atoms with Gasteiger partial charge in [-0.05, 0) is 17.7 Å². The lowest BCUT2D eigenvalue weighted by atomic mass is 10.1. The van der Waals surface area contributed by atoms with E-state index < -0.39 is 33.1 Å². The zero-order valence-corrected chi connectivity index (χ0v) is 9.68. The molecule has 1 aromatic rings. The molecule has 0 radical (unpaired) electrons. The number of halogens is 3. The summed E-state index contributed by atoms with van der Waals surface area (Å²) in [6.45, 7) is -0.464. The normalized spacial score (nSPS) is 17.4. The van der Waals surface area contributed by atoms with Crippen LogP contribution in [0.1, 0.15) is 11.1 Å². The second-order valence-corrected chi connectivity index (χ2v) is 5.59. The summed E-state index contributed by atoms with van der Waals surface area (Å²) in [4.78, 5) is 3.18. The zero-order chi connectivity index (χ0) is 13.6. The van der Waals surface area contributed by atoms with Crippen LogP contribution >= 0.6 is 0 Å². The molecule has 8 heteroatoms. The van der Waals surface area contributed by atoms with Gasteiger partial charge in [-0.1, -0.05) is 12.1 Å². The molecule has 98 valence electrons. The van der Waals surface area contributed by atoms with Gasteiger partial charge in [0, 0.05) is 0 Å². The highest BCUT2D eigenvalue weighted by Gasteiger charge is 2.41. The Balaban J connectivity index is 2.67. The Morgan fingerprint density at radius 1 is 1.28 bits per heavy atom. The average molecular weight is 279 g/mol. The van der Waals surface area contributed by atoms with E-state index in [1.807, 2.05) is 0 Å². The monoisotopic (exact) mass is 279 g/mol. The Labute approximate surface area is 101 Å². The molecule has 0 saturated carbocycles. The first-order chi connectivity index (χ1) is 8.28. The summed E-state index contributed by atoms with van der Waals surface area (Å²) in [6, 6.07) is 3.18. The topological polar surface area (TPSA) is 69.4 Å². The number of benzene rings is 1. The van der Waals surface area contributed by atoms with Crippen molar-refractivity contribution in [1.82, 2.24) is 0 Å². The summed E-state index contributed by atoms with van der Waals surface area (Å²) in [5.41, 5.74) is -1.18. The molecule has 18 heavy (non-hydrogen) atoms. The van der Waals surface area contributed by atoms with Gasteiger partial charge in [0.2, 0.25) is 9.84 Å². The van der Waals surface area contributed by atoms with E-state index in [1.165, 1.54) is 6.07 Å². The Hall–Kier alpha value is -1.38. The first-order valence-corrected chi connectivity index (χ1v) is 6.24. The van der Waals surface area contributed by atoms with Gasteiger partial charge in [0.25, 0.3) is 0 Å². The van der Waals surface area contributed by atoms with Crippen molar-refractivity contribution in [2.24, 2.45) is 5.90 Å². The summed E-state index contributed by atoms with van der Waals surface area (Å²) in [7, 11) is -4.19. The molecule has 0 unspecified atom stereocenters. The lowest BCUT2D eigenvalue weighted by Gasteiger charge is -2.11. The van der Waals surface area contributed by atoms with E-state index >= 15 is 0 Å². The van der Waals surface area contributed by atoms with Crippen molar-refractivity contribution < 1.29 is 26.4 Å². The Morgan fingerprint density at radius 3 is 2.50 bits per heavy atom. The fourth-order valence-corrected chi connectivity index (χ4v) is 3.45. The number of hydrogen-bond acceptors (Lipinski definition) is 4. The smallest absolute Gasteiger partial charge is 0.299 e. The van der Waals surface area contributed by atoms with Crippen LogP contribution in [0.2, 0.25) is 0 Å². The standard InChI is InChI=1S/C10H8F3NO3S/c11-10(12,13)8-3-1-2-6-4-7(5-17-14)18(15,16)9(6)8/h1-4H,5,14H2. The minimum atomic E-state index is -4.73. The number of fused-ring (bicyclic) bond motifs is 1. The minimum absolute atomic E-state index is 0.00289. The van der Waals surface area contributed by atoms with Gasteiger partial charge in [-0.15, -0.1) is 0 Å². The van der Waals surface area contributed by atoms with Crippen molar-refractivity contribution in [2.75, 3.05) is 6.61 Å². The number of rotatable bonds is 2. The van der Waals surface area contributed by atoms with Gasteiger partial charge in [-0.25, -0.2) is 14.3 Å². The molecule has 0 bridgehead atoms. The molecule has 0 spiro atoms. The second-order valence-electron chi connectivity index (χ2n) is 3.65. The van der Waals surface area contributed by atoms with E-state index in [4.69, 9.17) is 5.90 Å². The molecule has 4 nitrogen and oxygen atoms in total. The van der Waals surface area contributed by atoms with Crippen molar-refractivity contribution in [3.63, 3.8) is 0 Å². The Bertz CT molecular complexity index is 620. The van der Waals surface area contributed by atoms with E-state index in [0.717, 1.165) is 18.2 Å². The van der Waals surface area contributed by atoms with Crippen LogP contribution in [-0.4, -0.2) is 15.0 Å². The maximum absolute atomic E-state index is 12.8. The largest absolute Gasteiger partial charge is 0.417 e. The van der Waals surface area contributed by atoms with Crippen LogP contribution < -0.4 is 5.90 Å². The van der Waals surface area contributed by atoms with Gasteiger partial charge in [0.1, 0.15) is 6.61 Å². The number of sulfone groups is 1. The molecular formula is C10H8F3NO3S. The maximum atomic E-state index is 12.8. The van der Waals surface area contributed by atoms with Crippen molar-refractivity contribution >= 4 is 15.9 Å². The lowest BCUT2D eigenvalue weighted by Crippen LogP contribution is -2.15. The van der Waals surface area contributed by atoms with Crippen molar-refractivity contribution in [3.05, 3.63) is 34.2 Å². The molecule has 0 aromatic heterocycles. The van der Waals surface area contributed by atoms with Gasteiger partial charge in [-0.2, -0.15) is 13.2 Å². The third kappa shape index (κ3) is 1.92. The third-order valence-corrected chi connectivity index (χ3v) is 4.43. The highest BCUT2D eigenvalue weighted by molar-refractivity contribution is 7.96. The maximum Gasteiger partial charge on any atom is 0.417 e. The molecule has 0 amide bonds. The van der Waals surface area contributed by atoms with Crippen LogP contribution in [0.5, 0.6) is 0 Å². The molecule has 0 atom stereocenters. The predicted molar refractivity (Wildman–Crippen MR) is 56.7 cm³/mol. The molecule has 0 saturated heterocycles. The van der Waals surface area contributed by atoms with Crippen LogP contribution in [-0.2, 0) is 20.9 Å². The highest BCUT2D eigenvalue weighted by Crippen LogP contribution is 2.42. The average Bonchev–Trinajstić information content (AvgIpc) is 2.50. The minimum Gasteiger partial charge on any atom is -0.299 e. The number of hydrogen-bond donors (Lipinski definition) is 1. The third-order valence-electron chi connectivity index (χ3n) is 2.51. The summed E-state index contributed by atoms with van der Waals surface area (Å²) < 4.78 is 62.1. The fourth-order valence-electron chi connectivity index (χ4n) is 1.78. The van der Waals surface area contributed by atoms with Gasteiger partial charge in [-0.3, -0.25) is 4.84 Å². The molecule has 1 aromatic carbocycles. The molecule has 0 fully saturated rings. The molecule has 1 aliphatic rings. The van der Waals surface area contributed by atoms with Crippen molar-refractivity contribution in [3.8, 4) is 0 Å². The number of nitrogens with two attached hydrogens (primary N) is 1. The molecule has 0 aliphatic carbocycles. The van der Waals surface area contributed by atoms with E-state index in [1.54, 1.807) is 0 Å². The van der Waals surface area contributed by atoms with Crippen LogP contribution in [0.15, 0.2) is 28.0 Å². The SMILES string of the molecule is NOCC1=Cc2cccc(C(F)(F)F)c2S1(=O)=O. The van der Waals surface area contributed by atoms with Gasteiger partial charge < -0.3 is 0 Å². The second kappa shape index (κ2) is 4.08. The van der Waals surface area contributed by atoms with E-state index in [0.29, 0.717) is 0 Å². The quantitative estimate of drug-likeness (QED) is 0.837. The summed E-state index contributed by atoms with van der Waals surface area (Å²) in [5.74, 6) is 4.76. The summed E-state index contributed by atoms with van der Waals surface area (Å²) in [6.07, 6.45) is -3.60. The van der Waals surface area contributed by atoms with Crippen molar-refractivity contribution in [1.29, 1.82) is 0 Å². The fraction of sp³-hybridized carbons (Fsp3) is 0.200. The predicted octanol–water partition coefficient (Wildman–Crippen LogP) is 1.72. The van der Waals surface area contributed by atoms with Gasteiger partial charge >= 0.3 is 6.18 Å². The molecule has 2 rings (SSSR count). The van der Waals surface area contributed by atoms with Gasteiger partial charge in [0.05, 0.1) is 15.4 Å². The van der Waals surface area contributed by atoms with Gasteiger partial charge in [0.15, 0.2) is 0 Å². The van der Waals surface area contributed by atoms with Crippen LogP contribution in [0.25, 0.3) is 6.08 Å². The highest BCUT2D eigenvalue weighted by atomic mass is 32.2. The lowest BCUT2D eigenvalue weighted by molar-refractivity contribution is -0.139. The Kier molecular flexibility index (Phi) is 2.96. The summed E-state index contributed by atoms with van der Waals surface area (Å²) in [5, 5.41) is 0. The Morgan fingerprint density at radius 2 is 1.94 bits per heavy atom. The molecule has 2 N–H and O–H groups in total. The number of alkyl halides is 3. The molecule has 1 heterocycles. The molecular weight excluding hydrogens is 271 g/mol. The summed E-state index contributed by atoms with van der Waals surface area (Å²) >= 11 is 0. The van der Waals surface area contributed by atoms with Crippen molar-refractivity contribution in [2.45, 2.75) is 11.1 Å². The van der Waals surface area contributed by atoms with Crippen LogP contribution in [0.4, 0.5) is 13.2 Å². The van der Waals surface area contributed by atoms with E-state index in [-0.39, 0.29) is 10.5 Å². The first-order valence-electron chi connectivity index (χ1n) is 4.76. The molecule has 1 aliphatic heterocycles. The van der Waals surface area contributed by atoms with E-state index in [9.17, 15) is 21.6 Å². The van der Waals surface area contributed by atoms with Crippen LogP contribution in [0.3, 0.4) is 0 Å². The van der Waals surface area contributed by atoms with E-state index in [2.05, 4.69) is 4.84 Å². The zero-order valence-electron chi connectivity index (χ0n) is 8.86. The first kappa shape index (κ1) is 13.1.